The molecule has 5 rings (SSSR count). The molecule has 2 N–H and O–H groups in total. The second-order valence-electron chi connectivity index (χ2n) is 8.31. The third kappa shape index (κ3) is 5.26. The van der Waals surface area contributed by atoms with Gasteiger partial charge in [0.05, 0.1) is 18.9 Å². The zero-order valence-corrected chi connectivity index (χ0v) is 19.5. The summed E-state index contributed by atoms with van der Waals surface area (Å²) in [4.78, 5) is 30.3. The molecular formula is C22H30N8O2S. The lowest BCUT2D eigenvalue weighted by atomic mass is 10.4. The maximum atomic E-state index is 11.8. The lowest BCUT2D eigenvalue weighted by molar-refractivity contribution is -0.127. The van der Waals surface area contributed by atoms with Gasteiger partial charge in [-0.15, -0.1) is 0 Å². The lowest BCUT2D eigenvalue weighted by Crippen LogP contribution is -2.39. The number of nitrogens with one attached hydrogen (secondary N) is 2. The molecule has 5 heterocycles. The summed E-state index contributed by atoms with van der Waals surface area (Å²) in [5, 5.41) is 11.0. The van der Waals surface area contributed by atoms with E-state index in [-0.39, 0.29) is 5.91 Å². The molecule has 2 aliphatic heterocycles. The number of morpholine rings is 1. The van der Waals surface area contributed by atoms with Gasteiger partial charge < -0.3 is 20.3 Å². The van der Waals surface area contributed by atoms with Gasteiger partial charge in [-0.3, -0.25) is 14.3 Å². The second kappa shape index (κ2) is 10.4. The lowest BCUT2D eigenvalue weighted by Gasteiger charge is -2.26. The smallest absolute Gasteiger partial charge is 0.226 e. The number of rotatable bonds is 10. The largest absolute Gasteiger partial charge is 0.379 e. The van der Waals surface area contributed by atoms with Crippen molar-refractivity contribution < 1.29 is 9.53 Å². The predicted octanol–water partition coefficient (Wildman–Crippen LogP) is 2.05. The van der Waals surface area contributed by atoms with Crippen LogP contribution in [0.15, 0.2) is 23.2 Å². The maximum Gasteiger partial charge on any atom is 0.226 e. The molecule has 11 heteroatoms. The Hall–Kier alpha value is -2.76. The van der Waals surface area contributed by atoms with Crippen LogP contribution in [-0.2, 0) is 9.53 Å². The Morgan fingerprint density at radius 2 is 2.00 bits per heavy atom. The van der Waals surface area contributed by atoms with Crippen molar-refractivity contribution in [2.75, 3.05) is 69.7 Å². The molecule has 2 fully saturated rings. The number of anilines is 2. The van der Waals surface area contributed by atoms with Crippen LogP contribution in [-0.4, -0.2) is 94.3 Å². The molecule has 0 spiro atoms. The molecule has 3 aromatic heterocycles. The molecule has 1 amide bonds. The Morgan fingerprint density at radius 3 is 2.79 bits per heavy atom. The molecule has 0 aliphatic carbocycles. The average Bonchev–Trinajstić information content (AvgIpc) is 3.59. The monoisotopic (exact) mass is 470 g/mol. The minimum absolute atomic E-state index is 0.263. The Bertz CT molecular complexity index is 1060. The molecule has 0 saturated carbocycles. The first kappa shape index (κ1) is 22.1. The van der Waals surface area contributed by atoms with Gasteiger partial charge in [-0.2, -0.15) is 21.3 Å². The van der Waals surface area contributed by atoms with Gasteiger partial charge in [-0.25, -0.2) is 4.98 Å². The fourth-order valence-electron chi connectivity index (χ4n) is 4.25. The van der Waals surface area contributed by atoms with Crippen LogP contribution in [0.4, 0.5) is 11.8 Å². The van der Waals surface area contributed by atoms with Crippen molar-refractivity contribution in [1.29, 1.82) is 0 Å². The van der Waals surface area contributed by atoms with Gasteiger partial charge >= 0.3 is 0 Å². The van der Waals surface area contributed by atoms with Gasteiger partial charge in [-0.1, -0.05) is 0 Å². The van der Waals surface area contributed by atoms with Crippen molar-refractivity contribution in [1.82, 2.24) is 29.3 Å². The molecule has 2 aliphatic rings. The Labute approximate surface area is 197 Å². The zero-order chi connectivity index (χ0) is 22.5. The van der Waals surface area contributed by atoms with Crippen LogP contribution in [0.2, 0.25) is 0 Å². The Morgan fingerprint density at radius 1 is 1.09 bits per heavy atom. The highest BCUT2D eigenvalue weighted by atomic mass is 32.1. The summed E-state index contributed by atoms with van der Waals surface area (Å²) in [6.45, 7) is 7.54. The summed E-state index contributed by atoms with van der Waals surface area (Å²) in [5.74, 6) is 1.57. The number of hydrogen-bond acceptors (Lipinski definition) is 9. The molecule has 0 aromatic carbocycles. The molecule has 3 aromatic rings. The highest BCUT2D eigenvalue weighted by Gasteiger charge is 2.19. The van der Waals surface area contributed by atoms with E-state index in [2.05, 4.69) is 32.0 Å². The molecule has 0 atom stereocenters. The highest BCUT2D eigenvalue weighted by molar-refractivity contribution is 7.08. The van der Waals surface area contributed by atoms with E-state index >= 15 is 0 Å². The van der Waals surface area contributed by atoms with Crippen LogP contribution >= 0.6 is 11.3 Å². The number of carbonyl (C=O) groups is 1. The van der Waals surface area contributed by atoms with Gasteiger partial charge in [0.1, 0.15) is 6.33 Å². The van der Waals surface area contributed by atoms with E-state index < -0.39 is 0 Å². The van der Waals surface area contributed by atoms with Crippen LogP contribution in [0.5, 0.6) is 0 Å². The Kier molecular flexibility index (Phi) is 6.98. The SMILES string of the molecule is O=C1CCCN1CCCNc1nc(NCCN2CCOCC2)c2ncn(-c3ccsc3)c2n1. The fourth-order valence-corrected chi connectivity index (χ4v) is 4.88. The van der Waals surface area contributed by atoms with Crippen molar-refractivity contribution in [3.8, 4) is 5.69 Å². The average molecular weight is 471 g/mol. The number of fused-ring (bicyclic) bond motifs is 1. The zero-order valence-electron chi connectivity index (χ0n) is 18.7. The predicted molar refractivity (Wildman–Crippen MR) is 129 cm³/mol. The van der Waals surface area contributed by atoms with E-state index in [4.69, 9.17) is 14.7 Å². The van der Waals surface area contributed by atoms with Crippen LogP contribution in [0, 0.1) is 0 Å². The standard InChI is InChI=1S/C22H30N8O2S/c31-18-3-1-7-29(18)8-2-5-24-22-26-20(23-6-9-28-10-12-32-13-11-28)19-21(27-22)30(16-25-19)17-4-14-33-15-17/h4,14-16H,1-3,5-13H2,(H2,23,24,26,27). The van der Waals surface area contributed by atoms with E-state index in [0.717, 1.165) is 88.0 Å². The molecule has 176 valence electrons. The number of thiophene rings is 1. The first-order chi connectivity index (χ1) is 16.3. The van der Waals surface area contributed by atoms with Crippen LogP contribution in [0.25, 0.3) is 16.9 Å². The molecule has 2 saturated heterocycles. The van der Waals surface area contributed by atoms with E-state index in [1.54, 1.807) is 17.7 Å². The number of amides is 1. The van der Waals surface area contributed by atoms with Crippen molar-refractivity contribution >= 4 is 40.2 Å². The number of hydrogen-bond donors (Lipinski definition) is 2. The molecule has 0 bridgehead atoms. The first-order valence-corrected chi connectivity index (χ1v) is 12.6. The summed E-state index contributed by atoms with van der Waals surface area (Å²) in [6.07, 6.45) is 4.31. The number of imidazole rings is 1. The minimum atomic E-state index is 0.263. The maximum absolute atomic E-state index is 11.8. The van der Waals surface area contributed by atoms with Crippen molar-refractivity contribution in [2.45, 2.75) is 19.3 Å². The van der Waals surface area contributed by atoms with Crippen LogP contribution < -0.4 is 10.6 Å². The third-order valence-electron chi connectivity index (χ3n) is 6.06. The first-order valence-electron chi connectivity index (χ1n) is 11.6. The van der Waals surface area contributed by atoms with Crippen molar-refractivity contribution in [2.24, 2.45) is 0 Å². The summed E-state index contributed by atoms with van der Waals surface area (Å²) >= 11 is 1.64. The topological polar surface area (TPSA) is 100 Å². The van der Waals surface area contributed by atoms with E-state index in [1.165, 1.54) is 0 Å². The van der Waals surface area contributed by atoms with Crippen molar-refractivity contribution in [3.63, 3.8) is 0 Å². The summed E-state index contributed by atoms with van der Waals surface area (Å²) < 4.78 is 7.43. The third-order valence-corrected chi connectivity index (χ3v) is 6.73. The fraction of sp³-hybridized carbons (Fsp3) is 0.545. The Balaban J connectivity index is 1.29. The van der Waals surface area contributed by atoms with Gasteiger partial charge in [0.2, 0.25) is 11.9 Å². The number of likely N-dealkylation sites (tertiary alicyclic amines) is 1. The number of carbonyl (C=O) groups excluding carboxylic acids is 1. The number of ether oxygens (including phenoxy) is 1. The quantitative estimate of drug-likeness (QED) is 0.434. The van der Waals surface area contributed by atoms with Gasteiger partial charge in [-0.05, 0) is 24.3 Å². The molecule has 0 unspecified atom stereocenters. The summed E-state index contributed by atoms with van der Waals surface area (Å²) in [7, 11) is 0. The van der Waals surface area contributed by atoms with E-state index in [9.17, 15) is 4.79 Å². The second-order valence-corrected chi connectivity index (χ2v) is 9.09. The molecular weight excluding hydrogens is 440 g/mol. The minimum Gasteiger partial charge on any atom is -0.379 e. The summed E-state index contributed by atoms with van der Waals surface area (Å²) in [5.41, 5.74) is 2.57. The van der Waals surface area contributed by atoms with Gasteiger partial charge in [0, 0.05) is 57.6 Å². The highest BCUT2D eigenvalue weighted by Crippen LogP contribution is 2.24. The van der Waals surface area contributed by atoms with E-state index in [0.29, 0.717) is 18.9 Å². The van der Waals surface area contributed by atoms with Gasteiger partial charge in [0.15, 0.2) is 17.0 Å². The molecule has 0 radical (unpaired) electrons. The molecule has 10 nitrogen and oxygen atoms in total. The van der Waals surface area contributed by atoms with E-state index in [1.807, 2.05) is 14.8 Å². The number of aromatic nitrogens is 4. The van der Waals surface area contributed by atoms with Gasteiger partial charge in [0.25, 0.3) is 0 Å². The normalized spacial score (nSPS) is 17.2. The summed E-state index contributed by atoms with van der Waals surface area (Å²) in [6, 6.07) is 2.06. The van der Waals surface area contributed by atoms with Crippen LogP contribution in [0.1, 0.15) is 19.3 Å². The number of nitrogens with zero attached hydrogens (tertiary/aromatic N) is 6. The van der Waals surface area contributed by atoms with Crippen LogP contribution in [0.3, 0.4) is 0 Å². The molecule has 33 heavy (non-hydrogen) atoms. The van der Waals surface area contributed by atoms with Crippen molar-refractivity contribution in [3.05, 3.63) is 23.2 Å².